The SMILES string of the molecule is O=C(O)CC1COCCC1NC(=O)C1CN(C(=O)C2CCCCC2)C1. The number of nitrogens with zero attached hydrogens (tertiary/aromatic N) is 1. The number of likely N-dealkylation sites (tertiary alicyclic amines) is 1. The topological polar surface area (TPSA) is 95.9 Å². The molecule has 0 aromatic carbocycles. The quantitative estimate of drug-likeness (QED) is 0.770. The molecule has 3 fully saturated rings. The van der Waals surface area contributed by atoms with E-state index in [9.17, 15) is 14.4 Å². The minimum absolute atomic E-state index is 0.00189. The molecule has 2 atom stereocenters. The maximum absolute atomic E-state index is 12.4. The normalized spacial score (nSPS) is 28.2. The molecule has 0 bridgehead atoms. The average molecular weight is 352 g/mol. The van der Waals surface area contributed by atoms with E-state index in [2.05, 4.69) is 5.32 Å². The van der Waals surface area contributed by atoms with E-state index < -0.39 is 5.97 Å². The molecule has 0 aromatic rings. The summed E-state index contributed by atoms with van der Waals surface area (Å²) < 4.78 is 5.34. The van der Waals surface area contributed by atoms with Crippen molar-refractivity contribution in [1.29, 1.82) is 0 Å². The van der Waals surface area contributed by atoms with E-state index >= 15 is 0 Å². The molecule has 0 aromatic heterocycles. The monoisotopic (exact) mass is 352 g/mol. The molecule has 1 saturated carbocycles. The summed E-state index contributed by atoms with van der Waals surface area (Å²) in [4.78, 5) is 37.6. The maximum Gasteiger partial charge on any atom is 0.303 e. The number of hydrogen-bond acceptors (Lipinski definition) is 4. The van der Waals surface area contributed by atoms with Gasteiger partial charge in [0.05, 0.1) is 18.9 Å². The highest BCUT2D eigenvalue weighted by atomic mass is 16.5. The average Bonchev–Trinajstić information content (AvgIpc) is 2.55. The van der Waals surface area contributed by atoms with Crippen molar-refractivity contribution < 1.29 is 24.2 Å². The predicted molar refractivity (Wildman–Crippen MR) is 89.8 cm³/mol. The Kier molecular flexibility index (Phi) is 5.93. The van der Waals surface area contributed by atoms with Crippen molar-refractivity contribution >= 4 is 17.8 Å². The maximum atomic E-state index is 12.4. The van der Waals surface area contributed by atoms with Gasteiger partial charge in [0.2, 0.25) is 11.8 Å². The van der Waals surface area contributed by atoms with Crippen LogP contribution in [0.4, 0.5) is 0 Å². The number of aliphatic carboxylic acids is 1. The molecule has 2 amide bonds. The van der Waals surface area contributed by atoms with Gasteiger partial charge in [-0.05, 0) is 19.3 Å². The molecule has 3 aliphatic rings. The van der Waals surface area contributed by atoms with Crippen molar-refractivity contribution in [3.8, 4) is 0 Å². The lowest BCUT2D eigenvalue weighted by Gasteiger charge is -2.42. The number of amides is 2. The number of ether oxygens (including phenoxy) is 1. The summed E-state index contributed by atoms with van der Waals surface area (Å²) in [6.45, 7) is 1.90. The molecule has 1 aliphatic carbocycles. The second-order valence-corrected chi connectivity index (χ2v) is 7.61. The van der Waals surface area contributed by atoms with E-state index in [-0.39, 0.29) is 42.0 Å². The molecule has 7 nitrogen and oxygen atoms in total. The molecule has 2 unspecified atom stereocenters. The Morgan fingerprint density at radius 2 is 1.76 bits per heavy atom. The molecule has 2 N–H and O–H groups in total. The molecule has 25 heavy (non-hydrogen) atoms. The summed E-state index contributed by atoms with van der Waals surface area (Å²) in [5.74, 6) is -0.930. The van der Waals surface area contributed by atoms with Crippen LogP contribution >= 0.6 is 0 Å². The zero-order chi connectivity index (χ0) is 17.8. The third-order valence-electron chi connectivity index (χ3n) is 5.76. The van der Waals surface area contributed by atoms with Gasteiger partial charge in [-0.25, -0.2) is 0 Å². The fourth-order valence-electron chi connectivity index (χ4n) is 4.15. The number of carbonyl (C=O) groups excluding carboxylic acids is 2. The molecule has 0 radical (unpaired) electrons. The van der Waals surface area contributed by atoms with Gasteiger partial charge >= 0.3 is 5.97 Å². The largest absolute Gasteiger partial charge is 0.481 e. The molecule has 2 heterocycles. The van der Waals surface area contributed by atoms with E-state index in [0.717, 1.165) is 25.7 Å². The Morgan fingerprint density at radius 1 is 1.04 bits per heavy atom. The van der Waals surface area contributed by atoms with Crippen molar-refractivity contribution in [2.75, 3.05) is 26.3 Å². The Hall–Kier alpha value is -1.63. The minimum Gasteiger partial charge on any atom is -0.481 e. The smallest absolute Gasteiger partial charge is 0.303 e. The first-order valence-corrected chi connectivity index (χ1v) is 9.43. The van der Waals surface area contributed by atoms with Crippen molar-refractivity contribution in [2.45, 2.75) is 51.0 Å². The summed E-state index contributed by atoms with van der Waals surface area (Å²) in [5, 5.41) is 12.0. The lowest BCUT2D eigenvalue weighted by atomic mass is 9.86. The van der Waals surface area contributed by atoms with Crippen LogP contribution in [0, 0.1) is 17.8 Å². The van der Waals surface area contributed by atoms with E-state index in [1.54, 1.807) is 4.90 Å². The van der Waals surface area contributed by atoms with Crippen LogP contribution in [0.25, 0.3) is 0 Å². The Bertz CT molecular complexity index is 512. The molecule has 7 heteroatoms. The molecule has 0 spiro atoms. The van der Waals surface area contributed by atoms with Crippen LogP contribution in [0.3, 0.4) is 0 Å². The molecule has 2 saturated heterocycles. The molecule has 3 rings (SSSR count). The fraction of sp³-hybridized carbons (Fsp3) is 0.833. The summed E-state index contributed by atoms with van der Waals surface area (Å²) >= 11 is 0. The summed E-state index contributed by atoms with van der Waals surface area (Å²) in [6.07, 6.45) is 6.07. The van der Waals surface area contributed by atoms with Crippen LogP contribution in [0.1, 0.15) is 44.9 Å². The standard InChI is InChI=1S/C18H28N2O5/c21-16(22)8-13-11-25-7-6-15(13)19-17(23)14-9-20(10-14)18(24)12-4-2-1-3-5-12/h12-15H,1-11H2,(H,19,23)(H,21,22). The van der Waals surface area contributed by atoms with Gasteiger partial charge in [-0.2, -0.15) is 0 Å². The van der Waals surface area contributed by atoms with Gasteiger partial charge in [-0.3, -0.25) is 14.4 Å². The van der Waals surface area contributed by atoms with Crippen LogP contribution in [-0.4, -0.2) is 60.1 Å². The van der Waals surface area contributed by atoms with Gasteiger partial charge in [0.1, 0.15) is 0 Å². The van der Waals surface area contributed by atoms with Crippen molar-refractivity contribution in [3.63, 3.8) is 0 Å². The summed E-state index contributed by atoms with van der Waals surface area (Å²) in [5.41, 5.74) is 0. The van der Waals surface area contributed by atoms with Crippen LogP contribution in [0.15, 0.2) is 0 Å². The first kappa shape index (κ1) is 18.2. The highest BCUT2D eigenvalue weighted by Crippen LogP contribution is 2.28. The second-order valence-electron chi connectivity index (χ2n) is 7.61. The van der Waals surface area contributed by atoms with E-state index in [4.69, 9.17) is 9.84 Å². The third-order valence-corrected chi connectivity index (χ3v) is 5.76. The van der Waals surface area contributed by atoms with E-state index in [1.165, 1.54) is 6.42 Å². The van der Waals surface area contributed by atoms with Crippen molar-refractivity contribution in [2.24, 2.45) is 17.8 Å². The number of carbonyl (C=O) groups is 3. The van der Waals surface area contributed by atoms with E-state index in [0.29, 0.717) is 32.7 Å². The zero-order valence-electron chi connectivity index (χ0n) is 14.6. The first-order valence-electron chi connectivity index (χ1n) is 9.43. The van der Waals surface area contributed by atoms with Gasteiger partial charge in [0, 0.05) is 37.6 Å². The zero-order valence-corrected chi connectivity index (χ0v) is 14.6. The van der Waals surface area contributed by atoms with Gasteiger partial charge in [0.25, 0.3) is 0 Å². The molecule has 2 aliphatic heterocycles. The van der Waals surface area contributed by atoms with E-state index in [1.807, 2.05) is 0 Å². The van der Waals surface area contributed by atoms with Gasteiger partial charge < -0.3 is 20.1 Å². The third kappa shape index (κ3) is 4.51. The Morgan fingerprint density at radius 3 is 2.44 bits per heavy atom. The highest BCUT2D eigenvalue weighted by molar-refractivity contribution is 5.85. The number of rotatable bonds is 5. The van der Waals surface area contributed by atoms with Crippen LogP contribution in [0.2, 0.25) is 0 Å². The predicted octanol–water partition coefficient (Wildman–Crippen LogP) is 1.02. The highest BCUT2D eigenvalue weighted by Gasteiger charge is 2.40. The van der Waals surface area contributed by atoms with Crippen LogP contribution in [0.5, 0.6) is 0 Å². The van der Waals surface area contributed by atoms with Crippen LogP contribution in [-0.2, 0) is 19.1 Å². The van der Waals surface area contributed by atoms with Crippen molar-refractivity contribution in [3.05, 3.63) is 0 Å². The van der Waals surface area contributed by atoms with Crippen LogP contribution < -0.4 is 5.32 Å². The second kappa shape index (κ2) is 8.17. The Balaban J connectivity index is 1.45. The molecule has 140 valence electrons. The first-order chi connectivity index (χ1) is 12.0. The van der Waals surface area contributed by atoms with Gasteiger partial charge in [-0.1, -0.05) is 19.3 Å². The number of carboxylic acids is 1. The minimum atomic E-state index is -0.873. The lowest BCUT2D eigenvalue weighted by Crippen LogP contribution is -2.59. The Labute approximate surface area is 148 Å². The molecular formula is C18H28N2O5. The van der Waals surface area contributed by atoms with Crippen molar-refractivity contribution in [1.82, 2.24) is 10.2 Å². The number of carboxylic acid groups (broad SMARTS) is 1. The summed E-state index contributed by atoms with van der Waals surface area (Å²) in [6, 6.07) is -0.152. The van der Waals surface area contributed by atoms with Gasteiger partial charge in [0.15, 0.2) is 0 Å². The number of nitrogens with one attached hydrogen (secondary N) is 1. The fourth-order valence-corrected chi connectivity index (χ4v) is 4.15. The lowest BCUT2D eigenvalue weighted by molar-refractivity contribution is -0.148. The summed E-state index contributed by atoms with van der Waals surface area (Å²) in [7, 11) is 0. The number of hydrogen-bond donors (Lipinski definition) is 2. The van der Waals surface area contributed by atoms with Gasteiger partial charge in [-0.15, -0.1) is 0 Å². The molecular weight excluding hydrogens is 324 g/mol.